The summed E-state index contributed by atoms with van der Waals surface area (Å²) >= 11 is 0. The highest BCUT2D eigenvalue weighted by molar-refractivity contribution is 5.80. The van der Waals surface area contributed by atoms with E-state index in [1.165, 1.54) is 38.3 Å². The van der Waals surface area contributed by atoms with Crippen LogP contribution in [0.5, 0.6) is 0 Å². The maximum Gasteiger partial charge on any atom is 0.193 e. The Kier molecular flexibility index (Phi) is 6.62. The smallest absolute Gasteiger partial charge is 0.193 e. The van der Waals surface area contributed by atoms with Crippen LogP contribution >= 0.6 is 0 Å². The largest absolute Gasteiger partial charge is 0.355 e. The summed E-state index contributed by atoms with van der Waals surface area (Å²) in [5, 5.41) is 3.65. The average molecular weight is 383 g/mol. The zero-order valence-corrected chi connectivity index (χ0v) is 17.1. The Morgan fingerprint density at radius 3 is 2.43 bits per heavy atom. The fourth-order valence-electron chi connectivity index (χ4n) is 4.50. The molecule has 0 amide bonds. The number of nitrogens with one attached hydrogen (secondary N) is 1. The van der Waals surface area contributed by atoms with Crippen LogP contribution in [-0.4, -0.2) is 111 Å². The van der Waals surface area contributed by atoms with Crippen LogP contribution in [-0.2, 0) is 0 Å². The number of nitrogens with zero attached hydrogens (tertiary/aromatic N) is 5. The predicted molar refractivity (Wildman–Crippen MR) is 117 cm³/mol. The molecule has 1 atom stereocenters. The summed E-state index contributed by atoms with van der Waals surface area (Å²) in [7, 11) is 1.91. The highest BCUT2D eigenvalue weighted by Gasteiger charge is 2.32. The van der Waals surface area contributed by atoms with E-state index < -0.39 is 0 Å². The molecule has 1 aromatic carbocycles. The van der Waals surface area contributed by atoms with Crippen molar-refractivity contribution in [2.75, 3.05) is 79.0 Å². The number of hydrogen-bond donors (Lipinski definition) is 1. The second-order valence-electron chi connectivity index (χ2n) is 8.02. The van der Waals surface area contributed by atoms with Crippen molar-refractivity contribution < 1.29 is 0 Å². The van der Waals surface area contributed by atoms with Gasteiger partial charge in [-0.3, -0.25) is 19.7 Å². The van der Waals surface area contributed by atoms with Gasteiger partial charge in [0.1, 0.15) is 0 Å². The lowest BCUT2D eigenvalue weighted by Crippen LogP contribution is -2.64. The highest BCUT2D eigenvalue weighted by Crippen LogP contribution is 2.15. The van der Waals surface area contributed by atoms with Crippen molar-refractivity contribution in [3.05, 3.63) is 42.0 Å². The summed E-state index contributed by atoms with van der Waals surface area (Å²) in [5.41, 5.74) is 1.27. The lowest BCUT2D eigenvalue weighted by atomic mass is 10.1. The molecular formula is C22H34N6. The van der Waals surface area contributed by atoms with Gasteiger partial charge in [-0.15, -0.1) is 0 Å². The van der Waals surface area contributed by atoms with Gasteiger partial charge in [0.2, 0.25) is 0 Å². The number of rotatable bonds is 5. The molecule has 6 heteroatoms. The normalized spacial score (nSPS) is 28.8. The number of guanidine groups is 1. The first-order chi connectivity index (χ1) is 13.8. The molecule has 4 fully saturated rings. The van der Waals surface area contributed by atoms with Crippen LogP contribution in [0.1, 0.15) is 5.56 Å². The van der Waals surface area contributed by atoms with Crippen LogP contribution in [0.3, 0.4) is 0 Å². The molecule has 0 aromatic heterocycles. The van der Waals surface area contributed by atoms with Crippen molar-refractivity contribution in [2.45, 2.75) is 6.04 Å². The molecule has 1 unspecified atom stereocenters. The summed E-state index contributed by atoms with van der Waals surface area (Å²) in [6.07, 6.45) is 4.50. The van der Waals surface area contributed by atoms with Crippen molar-refractivity contribution in [3.63, 3.8) is 0 Å². The van der Waals surface area contributed by atoms with E-state index in [0.29, 0.717) is 6.04 Å². The van der Waals surface area contributed by atoms with Crippen LogP contribution in [0, 0.1) is 0 Å². The number of piperazine rings is 4. The third-order valence-electron chi connectivity index (χ3n) is 6.25. The molecule has 0 spiro atoms. The van der Waals surface area contributed by atoms with Gasteiger partial charge in [-0.2, -0.15) is 0 Å². The molecule has 1 aromatic rings. The van der Waals surface area contributed by atoms with Crippen LogP contribution in [0.4, 0.5) is 0 Å². The third kappa shape index (κ3) is 4.93. The van der Waals surface area contributed by atoms with Crippen molar-refractivity contribution in [2.24, 2.45) is 4.99 Å². The Hall–Kier alpha value is -1.89. The Bertz CT molecular complexity index is 657. The topological polar surface area (TPSA) is 37.4 Å². The van der Waals surface area contributed by atoms with Gasteiger partial charge in [0.25, 0.3) is 0 Å². The van der Waals surface area contributed by atoms with Crippen LogP contribution in [0.2, 0.25) is 0 Å². The molecule has 5 rings (SSSR count). The summed E-state index contributed by atoms with van der Waals surface area (Å²) < 4.78 is 0. The minimum absolute atomic E-state index is 0.628. The van der Waals surface area contributed by atoms with E-state index in [-0.39, 0.29) is 0 Å². The number of hydrogen-bond acceptors (Lipinski definition) is 4. The zero-order chi connectivity index (χ0) is 19.2. The van der Waals surface area contributed by atoms with Gasteiger partial charge < -0.3 is 10.2 Å². The second kappa shape index (κ2) is 9.54. The van der Waals surface area contributed by atoms with E-state index >= 15 is 0 Å². The average Bonchev–Trinajstić information content (AvgIpc) is 2.77. The van der Waals surface area contributed by atoms with E-state index in [1.54, 1.807) is 0 Å². The first kappa shape index (κ1) is 19.4. The second-order valence-corrected chi connectivity index (χ2v) is 8.02. The van der Waals surface area contributed by atoms with E-state index in [9.17, 15) is 0 Å². The van der Waals surface area contributed by atoms with E-state index in [4.69, 9.17) is 0 Å². The quantitative estimate of drug-likeness (QED) is 0.605. The Morgan fingerprint density at radius 1 is 1.04 bits per heavy atom. The highest BCUT2D eigenvalue weighted by atomic mass is 15.4. The lowest BCUT2D eigenvalue weighted by Gasteiger charge is -2.47. The lowest BCUT2D eigenvalue weighted by molar-refractivity contribution is 0.0151. The van der Waals surface area contributed by atoms with Crippen molar-refractivity contribution >= 4 is 12.0 Å². The molecule has 6 nitrogen and oxygen atoms in total. The van der Waals surface area contributed by atoms with E-state index in [2.05, 4.69) is 72.4 Å². The van der Waals surface area contributed by atoms with Crippen molar-refractivity contribution in [1.82, 2.24) is 24.9 Å². The van der Waals surface area contributed by atoms with Crippen molar-refractivity contribution in [1.29, 1.82) is 0 Å². The van der Waals surface area contributed by atoms with Gasteiger partial charge in [0.05, 0.1) is 0 Å². The molecule has 4 heterocycles. The standard InChI is InChI=1S/C22H34N6/c1-23-22(24-18-21-19-26-12-14-27(21)15-13-26)28-16-10-25(11-17-28)9-5-8-20-6-3-2-4-7-20/h2-8,21H,9-19H2,1H3,(H,23,24)/b8-5+. The molecule has 2 bridgehead atoms. The first-order valence-electron chi connectivity index (χ1n) is 10.7. The minimum Gasteiger partial charge on any atom is -0.355 e. The first-order valence-corrected chi connectivity index (χ1v) is 10.7. The molecule has 28 heavy (non-hydrogen) atoms. The molecule has 0 aliphatic carbocycles. The molecule has 0 saturated carbocycles. The zero-order valence-electron chi connectivity index (χ0n) is 17.1. The maximum absolute atomic E-state index is 4.55. The Morgan fingerprint density at radius 2 is 1.79 bits per heavy atom. The fraction of sp³-hybridized carbons (Fsp3) is 0.591. The molecule has 4 saturated heterocycles. The van der Waals surface area contributed by atoms with Crippen LogP contribution in [0.15, 0.2) is 41.4 Å². The van der Waals surface area contributed by atoms with Gasteiger partial charge in [0, 0.05) is 85.1 Å². The minimum atomic E-state index is 0.628. The SMILES string of the molecule is CN=C(NCC1CN2CCN1CC2)N1CCN(C/C=C/c2ccccc2)CC1. The van der Waals surface area contributed by atoms with Gasteiger partial charge in [0.15, 0.2) is 5.96 Å². The maximum atomic E-state index is 4.55. The monoisotopic (exact) mass is 382 g/mol. The van der Waals surface area contributed by atoms with Gasteiger partial charge in [-0.1, -0.05) is 42.5 Å². The van der Waals surface area contributed by atoms with Crippen LogP contribution < -0.4 is 5.32 Å². The molecule has 4 aliphatic rings. The summed E-state index contributed by atoms with van der Waals surface area (Å²) in [6.45, 7) is 12.4. The Labute approximate surface area is 169 Å². The summed E-state index contributed by atoms with van der Waals surface area (Å²) in [6, 6.07) is 11.2. The van der Waals surface area contributed by atoms with E-state index in [0.717, 1.165) is 45.2 Å². The molecule has 1 N–H and O–H groups in total. The molecule has 152 valence electrons. The molecule has 0 radical (unpaired) electrons. The third-order valence-corrected chi connectivity index (χ3v) is 6.25. The molecule has 4 aliphatic heterocycles. The number of aliphatic imine (C=N–C) groups is 1. The van der Waals surface area contributed by atoms with Gasteiger partial charge >= 0.3 is 0 Å². The fourth-order valence-corrected chi connectivity index (χ4v) is 4.50. The van der Waals surface area contributed by atoms with Gasteiger partial charge in [-0.05, 0) is 5.56 Å². The summed E-state index contributed by atoms with van der Waals surface area (Å²) in [4.78, 5) is 14.7. The van der Waals surface area contributed by atoms with Crippen LogP contribution in [0.25, 0.3) is 6.08 Å². The number of fused-ring (bicyclic) bond motifs is 3. The number of benzene rings is 1. The Balaban J connectivity index is 1.19. The van der Waals surface area contributed by atoms with Gasteiger partial charge in [-0.25, -0.2) is 0 Å². The molecular weight excluding hydrogens is 348 g/mol. The predicted octanol–water partition coefficient (Wildman–Crippen LogP) is 0.893. The summed E-state index contributed by atoms with van der Waals surface area (Å²) in [5.74, 6) is 1.07. The van der Waals surface area contributed by atoms with Crippen molar-refractivity contribution in [3.8, 4) is 0 Å². The van der Waals surface area contributed by atoms with E-state index in [1.807, 2.05) is 7.05 Å².